The monoisotopic (exact) mass is 387 g/mol. The Kier molecular flexibility index (Phi) is 3.96. The van der Waals surface area contributed by atoms with Gasteiger partial charge in [-0.15, -0.1) is 0 Å². The molecule has 0 atom stereocenters. The zero-order valence-corrected chi connectivity index (χ0v) is 14.7. The van der Waals surface area contributed by atoms with Crippen molar-refractivity contribution < 1.29 is 22.1 Å². The van der Waals surface area contributed by atoms with Gasteiger partial charge in [0.05, 0.1) is 29.3 Å². The van der Waals surface area contributed by atoms with Crippen molar-refractivity contribution in [2.24, 2.45) is 0 Å². The number of H-pyrrole nitrogens is 1. The van der Waals surface area contributed by atoms with Crippen molar-refractivity contribution in [3.8, 4) is 16.9 Å². The van der Waals surface area contributed by atoms with E-state index in [1.807, 2.05) is 0 Å². The molecule has 27 heavy (non-hydrogen) atoms. The molecule has 0 amide bonds. The van der Waals surface area contributed by atoms with E-state index in [9.17, 15) is 13.2 Å². The van der Waals surface area contributed by atoms with Crippen LogP contribution in [0.4, 0.5) is 5.88 Å². The Hall–Kier alpha value is -3.53. The summed E-state index contributed by atoms with van der Waals surface area (Å²) >= 11 is 0. The predicted molar refractivity (Wildman–Crippen MR) is 96.1 cm³/mol. The summed E-state index contributed by atoms with van der Waals surface area (Å²) in [5.74, 6) is -0.0287. The second-order valence-electron chi connectivity index (χ2n) is 5.58. The van der Waals surface area contributed by atoms with Gasteiger partial charge in [0.15, 0.2) is 5.58 Å². The van der Waals surface area contributed by atoms with Crippen molar-refractivity contribution >= 4 is 27.0 Å². The molecule has 0 spiro atoms. The number of methoxy groups -OCH3 is 1. The lowest BCUT2D eigenvalue weighted by Gasteiger charge is -2.07. The summed E-state index contributed by atoms with van der Waals surface area (Å²) < 4.78 is 42.8. The maximum Gasteiger partial charge on any atom is 0.417 e. The first-order chi connectivity index (χ1) is 13.0. The molecule has 4 rings (SSSR count). The van der Waals surface area contributed by atoms with Crippen molar-refractivity contribution in [1.82, 2.24) is 10.1 Å². The van der Waals surface area contributed by atoms with E-state index >= 15 is 0 Å². The number of ether oxygens (including phenoxy) is 1. The lowest BCUT2D eigenvalue weighted by atomic mass is 10.1. The third-order valence-electron chi connectivity index (χ3n) is 3.90. The molecular formula is C17H13N3O6S. The summed E-state index contributed by atoms with van der Waals surface area (Å²) in [7, 11) is -2.44. The first-order valence-electron chi connectivity index (χ1n) is 7.71. The highest BCUT2D eigenvalue weighted by Gasteiger charge is 2.21. The fourth-order valence-electron chi connectivity index (χ4n) is 2.56. The van der Waals surface area contributed by atoms with E-state index in [0.717, 1.165) is 0 Å². The number of benzene rings is 2. The third-order valence-corrected chi connectivity index (χ3v) is 5.23. The highest BCUT2D eigenvalue weighted by Crippen LogP contribution is 2.31. The average molecular weight is 387 g/mol. The van der Waals surface area contributed by atoms with Gasteiger partial charge in [0.1, 0.15) is 5.75 Å². The summed E-state index contributed by atoms with van der Waals surface area (Å²) in [6.45, 7) is 0. The molecule has 0 fully saturated rings. The Labute approximate surface area is 152 Å². The van der Waals surface area contributed by atoms with Crippen LogP contribution in [-0.4, -0.2) is 25.7 Å². The van der Waals surface area contributed by atoms with Crippen LogP contribution in [0.2, 0.25) is 0 Å². The lowest BCUT2D eigenvalue weighted by Crippen LogP contribution is -2.12. The second kappa shape index (κ2) is 6.32. The number of nitrogens with zero attached hydrogens (tertiary/aromatic N) is 1. The van der Waals surface area contributed by atoms with Gasteiger partial charge in [-0.25, -0.2) is 17.9 Å². The molecule has 2 N–H and O–H groups in total. The van der Waals surface area contributed by atoms with E-state index in [0.29, 0.717) is 22.4 Å². The van der Waals surface area contributed by atoms with E-state index in [-0.39, 0.29) is 16.4 Å². The number of oxazole rings is 1. The van der Waals surface area contributed by atoms with Gasteiger partial charge in [0, 0.05) is 6.07 Å². The summed E-state index contributed by atoms with van der Waals surface area (Å²) in [5.41, 5.74) is 1.70. The molecule has 0 saturated heterocycles. The predicted octanol–water partition coefficient (Wildman–Crippen LogP) is 2.59. The molecule has 0 aliphatic carbocycles. The van der Waals surface area contributed by atoms with E-state index in [1.165, 1.54) is 24.4 Å². The normalized spacial score (nSPS) is 11.6. The minimum Gasteiger partial charge on any atom is -0.497 e. The molecule has 0 aliphatic rings. The summed E-state index contributed by atoms with van der Waals surface area (Å²) in [4.78, 5) is 13.6. The van der Waals surface area contributed by atoms with Gasteiger partial charge in [-0.1, -0.05) is 17.3 Å². The Bertz CT molecular complexity index is 1270. The molecule has 0 unspecified atom stereocenters. The van der Waals surface area contributed by atoms with Crippen LogP contribution in [-0.2, 0) is 10.0 Å². The Morgan fingerprint density at radius 2 is 1.93 bits per heavy atom. The van der Waals surface area contributed by atoms with Gasteiger partial charge >= 0.3 is 5.76 Å². The highest BCUT2D eigenvalue weighted by atomic mass is 32.2. The third kappa shape index (κ3) is 3.17. The van der Waals surface area contributed by atoms with Crippen LogP contribution in [0.5, 0.6) is 5.75 Å². The quantitative estimate of drug-likeness (QED) is 0.539. The molecule has 2 heterocycles. The maximum atomic E-state index is 12.7. The topological polar surface area (TPSA) is 127 Å². The molecule has 2 aromatic carbocycles. The van der Waals surface area contributed by atoms with Gasteiger partial charge in [-0.05, 0) is 29.8 Å². The zero-order valence-electron chi connectivity index (χ0n) is 13.9. The molecule has 10 heteroatoms. The van der Waals surface area contributed by atoms with Gasteiger partial charge < -0.3 is 13.7 Å². The second-order valence-corrected chi connectivity index (χ2v) is 7.26. The van der Waals surface area contributed by atoms with Crippen LogP contribution >= 0.6 is 0 Å². The summed E-state index contributed by atoms with van der Waals surface area (Å²) in [5, 5.41) is 3.67. The molecule has 0 radical (unpaired) electrons. The van der Waals surface area contributed by atoms with Crippen LogP contribution < -0.4 is 15.2 Å². The van der Waals surface area contributed by atoms with Crippen LogP contribution in [0.15, 0.2) is 67.3 Å². The zero-order chi connectivity index (χ0) is 19.0. The number of hydrogen-bond acceptors (Lipinski definition) is 7. The smallest absolute Gasteiger partial charge is 0.417 e. The molecule has 9 nitrogen and oxygen atoms in total. The number of aromatic nitrogens is 2. The standard InChI is InChI=1S/C17H13N3O6S/c1-24-11-4-2-10(3-5-11)13-9-18-26-16(13)20-27(22,23)12-6-7-14-15(8-12)25-17(21)19-14/h2-9,20H,1H3,(H,19,21). The molecule has 138 valence electrons. The van der Waals surface area contributed by atoms with Crippen LogP contribution in [0.3, 0.4) is 0 Å². The van der Waals surface area contributed by atoms with Crippen molar-refractivity contribution in [2.75, 3.05) is 11.8 Å². The Morgan fingerprint density at radius 1 is 1.15 bits per heavy atom. The van der Waals surface area contributed by atoms with E-state index in [1.54, 1.807) is 31.4 Å². The number of sulfonamides is 1. The largest absolute Gasteiger partial charge is 0.497 e. The van der Waals surface area contributed by atoms with Crippen molar-refractivity contribution in [2.45, 2.75) is 4.90 Å². The van der Waals surface area contributed by atoms with Crippen molar-refractivity contribution in [3.63, 3.8) is 0 Å². The maximum absolute atomic E-state index is 12.7. The molecule has 2 aromatic heterocycles. The fraction of sp³-hybridized carbons (Fsp3) is 0.0588. The first-order valence-corrected chi connectivity index (χ1v) is 9.19. The number of hydrogen-bond donors (Lipinski definition) is 2. The number of fused-ring (bicyclic) bond motifs is 1. The SMILES string of the molecule is COc1ccc(-c2cnoc2NS(=O)(=O)c2ccc3[nH]c(=O)oc3c2)cc1. The van der Waals surface area contributed by atoms with Crippen LogP contribution in [0.1, 0.15) is 0 Å². The molecule has 0 aliphatic heterocycles. The summed E-state index contributed by atoms with van der Waals surface area (Å²) in [6, 6.07) is 11.0. The number of aromatic amines is 1. The van der Waals surface area contributed by atoms with E-state index < -0.39 is 15.8 Å². The molecule has 4 aromatic rings. The van der Waals surface area contributed by atoms with Gasteiger partial charge in [0.25, 0.3) is 10.0 Å². The van der Waals surface area contributed by atoms with E-state index in [2.05, 4.69) is 14.9 Å². The van der Waals surface area contributed by atoms with Gasteiger partial charge in [0.2, 0.25) is 5.88 Å². The lowest BCUT2D eigenvalue weighted by molar-refractivity contribution is 0.415. The van der Waals surface area contributed by atoms with Crippen LogP contribution in [0.25, 0.3) is 22.2 Å². The molecule has 0 saturated carbocycles. The van der Waals surface area contributed by atoms with Gasteiger partial charge in [-0.3, -0.25) is 4.98 Å². The number of rotatable bonds is 5. The van der Waals surface area contributed by atoms with E-state index in [4.69, 9.17) is 13.7 Å². The Morgan fingerprint density at radius 3 is 2.67 bits per heavy atom. The average Bonchev–Trinajstić information content (AvgIpc) is 3.26. The highest BCUT2D eigenvalue weighted by molar-refractivity contribution is 7.92. The fourth-order valence-corrected chi connectivity index (χ4v) is 3.58. The summed E-state index contributed by atoms with van der Waals surface area (Å²) in [6.07, 6.45) is 1.41. The van der Waals surface area contributed by atoms with Gasteiger partial charge in [-0.2, -0.15) is 0 Å². The number of nitrogens with one attached hydrogen (secondary N) is 2. The molecule has 0 bridgehead atoms. The minimum absolute atomic E-state index is 0.0317. The van der Waals surface area contributed by atoms with Crippen molar-refractivity contribution in [1.29, 1.82) is 0 Å². The van der Waals surface area contributed by atoms with Crippen LogP contribution in [0, 0.1) is 0 Å². The minimum atomic E-state index is -3.99. The number of anilines is 1. The van der Waals surface area contributed by atoms with Crippen molar-refractivity contribution in [3.05, 3.63) is 59.2 Å². The Balaban J connectivity index is 1.68. The first kappa shape index (κ1) is 16.9. The molecular weight excluding hydrogens is 374 g/mol.